The van der Waals surface area contributed by atoms with Gasteiger partial charge in [-0.1, -0.05) is 32.0 Å². The predicted molar refractivity (Wildman–Crippen MR) is 92.4 cm³/mol. The number of rotatable bonds is 8. The molecule has 4 heteroatoms. The average Bonchev–Trinajstić information content (AvgIpc) is 2.58. The van der Waals surface area contributed by atoms with E-state index in [-0.39, 0.29) is 0 Å². The van der Waals surface area contributed by atoms with E-state index < -0.39 is 0 Å². The Labute approximate surface area is 138 Å². The fourth-order valence-electron chi connectivity index (χ4n) is 2.22. The van der Waals surface area contributed by atoms with Gasteiger partial charge in [0, 0.05) is 18.2 Å². The second-order valence-electron chi connectivity index (χ2n) is 5.60. The van der Waals surface area contributed by atoms with Crippen LogP contribution < -0.4 is 19.9 Å². The molecule has 2 rings (SSSR count). The van der Waals surface area contributed by atoms with E-state index in [0.717, 1.165) is 22.8 Å². The number of hydrogen-bond acceptors (Lipinski definition) is 4. The van der Waals surface area contributed by atoms with Crippen LogP contribution in [0, 0.1) is 0 Å². The van der Waals surface area contributed by atoms with E-state index in [9.17, 15) is 0 Å². The highest BCUT2D eigenvalue weighted by molar-refractivity contribution is 5.40. The number of benzene rings is 2. The molecule has 0 aliphatic heterocycles. The summed E-state index contributed by atoms with van der Waals surface area (Å²) in [7, 11) is 1.63. The molecular weight excluding hydrogens is 290 g/mol. The second kappa shape index (κ2) is 8.44. The lowest BCUT2D eigenvalue weighted by Gasteiger charge is -2.13. The van der Waals surface area contributed by atoms with E-state index in [1.54, 1.807) is 7.11 Å². The Kier molecular flexibility index (Phi) is 6.29. The van der Waals surface area contributed by atoms with Crippen LogP contribution in [-0.4, -0.2) is 20.3 Å². The van der Waals surface area contributed by atoms with Crippen molar-refractivity contribution in [2.24, 2.45) is 5.73 Å². The molecule has 0 saturated carbocycles. The van der Waals surface area contributed by atoms with Crippen LogP contribution in [0.1, 0.15) is 30.9 Å². The molecular formula is C19H25NO3. The van der Waals surface area contributed by atoms with Crippen molar-refractivity contribution in [1.29, 1.82) is 0 Å². The van der Waals surface area contributed by atoms with Gasteiger partial charge in [0.2, 0.25) is 0 Å². The Morgan fingerprint density at radius 3 is 2.17 bits per heavy atom. The lowest BCUT2D eigenvalue weighted by molar-refractivity contribution is 0.215. The quantitative estimate of drug-likeness (QED) is 0.754. The zero-order chi connectivity index (χ0) is 16.7. The molecule has 0 bridgehead atoms. The zero-order valence-electron chi connectivity index (χ0n) is 14.0. The lowest BCUT2D eigenvalue weighted by Crippen LogP contribution is -2.11. The SMILES string of the molecule is COc1ccc(CN)c(OCCOc2ccc(C(C)C)cc2)c1. The standard InChI is InChI=1S/C19H25NO3/c1-14(2)15-4-7-17(8-5-15)22-10-11-23-19-12-18(21-3)9-6-16(19)13-20/h4-9,12,14H,10-11,13,20H2,1-3H3. The summed E-state index contributed by atoms with van der Waals surface area (Å²) in [5.74, 6) is 2.87. The highest BCUT2D eigenvalue weighted by atomic mass is 16.5. The number of methoxy groups -OCH3 is 1. The molecule has 0 aromatic heterocycles. The first-order chi connectivity index (χ1) is 11.1. The molecule has 0 aliphatic carbocycles. The molecule has 0 spiro atoms. The van der Waals surface area contributed by atoms with Crippen molar-refractivity contribution in [1.82, 2.24) is 0 Å². The van der Waals surface area contributed by atoms with Crippen LogP contribution >= 0.6 is 0 Å². The van der Waals surface area contributed by atoms with Gasteiger partial charge in [-0.15, -0.1) is 0 Å². The van der Waals surface area contributed by atoms with E-state index in [1.165, 1.54) is 5.56 Å². The van der Waals surface area contributed by atoms with E-state index in [0.29, 0.717) is 25.7 Å². The van der Waals surface area contributed by atoms with Crippen LogP contribution in [0.4, 0.5) is 0 Å². The normalized spacial score (nSPS) is 10.7. The second-order valence-corrected chi connectivity index (χ2v) is 5.60. The van der Waals surface area contributed by atoms with Gasteiger partial charge in [0.15, 0.2) is 0 Å². The minimum absolute atomic E-state index is 0.427. The summed E-state index contributed by atoms with van der Waals surface area (Å²) in [4.78, 5) is 0. The van der Waals surface area contributed by atoms with Crippen LogP contribution in [0.2, 0.25) is 0 Å². The van der Waals surface area contributed by atoms with Crippen molar-refractivity contribution in [3.05, 3.63) is 53.6 Å². The summed E-state index contributed by atoms with van der Waals surface area (Å²) >= 11 is 0. The highest BCUT2D eigenvalue weighted by Crippen LogP contribution is 2.24. The average molecular weight is 315 g/mol. The van der Waals surface area contributed by atoms with E-state index in [4.69, 9.17) is 19.9 Å². The van der Waals surface area contributed by atoms with Gasteiger partial charge < -0.3 is 19.9 Å². The molecule has 0 aliphatic rings. The van der Waals surface area contributed by atoms with Crippen molar-refractivity contribution in [3.8, 4) is 17.2 Å². The van der Waals surface area contributed by atoms with Gasteiger partial charge in [-0.05, 0) is 29.7 Å². The van der Waals surface area contributed by atoms with Crippen molar-refractivity contribution >= 4 is 0 Å². The van der Waals surface area contributed by atoms with Crippen molar-refractivity contribution in [3.63, 3.8) is 0 Å². The van der Waals surface area contributed by atoms with Gasteiger partial charge in [-0.25, -0.2) is 0 Å². The fraction of sp³-hybridized carbons (Fsp3) is 0.368. The summed E-state index contributed by atoms with van der Waals surface area (Å²) in [5, 5.41) is 0. The van der Waals surface area contributed by atoms with Gasteiger partial charge in [0.05, 0.1) is 7.11 Å². The Bertz CT molecular complexity index is 609. The molecule has 0 saturated heterocycles. The van der Waals surface area contributed by atoms with Gasteiger partial charge in [-0.2, -0.15) is 0 Å². The maximum absolute atomic E-state index is 5.77. The Hall–Kier alpha value is -2.20. The number of ether oxygens (including phenoxy) is 3. The van der Waals surface area contributed by atoms with Gasteiger partial charge in [0.1, 0.15) is 30.5 Å². The first-order valence-electron chi connectivity index (χ1n) is 7.86. The first kappa shape index (κ1) is 17.2. The van der Waals surface area contributed by atoms with Crippen molar-refractivity contribution < 1.29 is 14.2 Å². The molecule has 0 unspecified atom stereocenters. The Balaban J connectivity index is 1.85. The molecule has 2 N–H and O–H groups in total. The maximum atomic E-state index is 5.77. The molecule has 0 fully saturated rings. The van der Waals surface area contributed by atoms with Crippen molar-refractivity contribution in [2.45, 2.75) is 26.3 Å². The molecule has 23 heavy (non-hydrogen) atoms. The largest absolute Gasteiger partial charge is 0.497 e. The van der Waals surface area contributed by atoms with E-state index in [2.05, 4.69) is 26.0 Å². The van der Waals surface area contributed by atoms with Crippen LogP contribution in [0.3, 0.4) is 0 Å². The van der Waals surface area contributed by atoms with Gasteiger partial charge >= 0.3 is 0 Å². The number of hydrogen-bond donors (Lipinski definition) is 1. The summed E-state index contributed by atoms with van der Waals surface area (Å²) < 4.78 is 16.7. The summed E-state index contributed by atoms with van der Waals surface area (Å²) in [6.45, 7) is 5.70. The van der Waals surface area contributed by atoms with Gasteiger partial charge in [0.25, 0.3) is 0 Å². The topological polar surface area (TPSA) is 53.7 Å². The third-order valence-electron chi connectivity index (χ3n) is 3.65. The van der Waals surface area contributed by atoms with Gasteiger partial charge in [-0.3, -0.25) is 0 Å². The molecule has 0 radical (unpaired) electrons. The number of nitrogens with two attached hydrogens (primary N) is 1. The van der Waals surface area contributed by atoms with E-state index in [1.807, 2.05) is 30.3 Å². The molecule has 0 amide bonds. The van der Waals surface area contributed by atoms with Crippen LogP contribution in [0.5, 0.6) is 17.2 Å². The lowest BCUT2D eigenvalue weighted by atomic mass is 10.0. The van der Waals surface area contributed by atoms with Crippen molar-refractivity contribution in [2.75, 3.05) is 20.3 Å². The predicted octanol–water partition coefficient (Wildman–Crippen LogP) is 3.74. The summed E-state index contributed by atoms with van der Waals surface area (Å²) in [6.07, 6.45) is 0. The smallest absolute Gasteiger partial charge is 0.127 e. The monoisotopic (exact) mass is 315 g/mol. The molecule has 4 nitrogen and oxygen atoms in total. The third kappa shape index (κ3) is 4.89. The summed E-state index contributed by atoms with van der Waals surface area (Å²) in [5.41, 5.74) is 7.98. The van der Waals surface area contributed by atoms with E-state index >= 15 is 0 Å². The molecule has 0 heterocycles. The minimum atomic E-state index is 0.427. The molecule has 2 aromatic rings. The summed E-state index contributed by atoms with van der Waals surface area (Å²) in [6, 6.07) is 13.8. The Morgan fingerprint density at radius 1 is 0.913 bits per heavy atom. The molecule has 0 atom stereocenters. The highest BCUT2D eigenvalue weighted by Gasteiger charge is 2.05. The zero-order valence-corrected chi connectivity index (χ0v) is 14.0. The maximum Gasteiger partial charge on any atom is 0.127 e. The van der Waals surface area contributed by atoms with Crippen LogP contribution in [0.15, 0.2) is 42.5 Å². The Morgan fingerprint density at radius 2 is 1.57 bits per heavy atom. The first-order valence-corrected chi connectivity index (χ1v) is 7.86. The molecule has 2 aromatic carbocycles. The van der Waals surface area contributed by atoms with Crippen LogP contribution in [-0.2, 0) is 6.54 Å². The van der Waals surface area contributed by atoms with Crippen LogP contribution in [0.25, 0.3) is 0 Å². The minimum Gasteiger partial charge on any atom is -0.497 e. The fourth-order valence-corrected chi connectivity index (χ4v) is 2.22. The molecule has 124 valence electrons. The third-order valence-corrected chi connectivity index (χ3v) is 3.65.